The van der Waals surface area contributed by atoms with E-state index in [0.717, 1.165) is 4.88 Å². The molecule has 0 aliphatic heterocycles. The second-order valence-corrected chi connectivity index (χ2v) is 6.14. The monoisotopic (exact) mass is 326 g/mol. The van der Waals surface area contributed by atoms with Gasteiger partial charge in [0.05, 0.1) is 27.4 Å². The van der Waals surface area contributed by atoms with Gasteiger partial charge in [0.2, 0.25) is 0 Å². The van der Waals surface area contributed by atoms with Gasteiger partial charge in [0.25, 0.3) is 5.69 Å². The van der Waals surface area contributed by atoms with Gasteiger partial charge in [-0.1, -0.05) is 11.6 Å². The fourth-order valence-electron chi connectivity index (χ4n) is 1.82. The van der Waals surface area contributed by atoms with Gasteiger partial charge in [-0.2, -0.15) is 0 Å². The van der Waals surface area contributed by atoms with E-state index in [-0.39, 0.29) is 11.7 Å². The summed E-state index contributed by atoms with van der Waals surface area (Å²) in [5.41, 5.74) is -0.000128. The molecule has 0 radical (unpaired) electrons. The molecule has 0 aliphatic carbocycles. The smallest absolute Gasteiger partial charge is 0.276 e. The number of aromatic nitrogens is 1. The first-order valence-corrected chi connectivity index (χ1v) is 7.61. The quantitative estimate of drug-likeness (QED) is 0.610. The van der Waals surface area contributed by atoms with Crippen LogP contribution in [0.1, 0.15) is 24.8 Å². The van der Waals surface area contributed by atoms with E-state index >= 15 is 0 Å². The van der Waals surface area contributed by atoms with Gasteiger partial charge >= 0.3 is 0 Å². The van der Waals surface area contributed by atoms with Crippen LogP contribution in [-0.4, -0.2) is 16.5 Å². The molecule has 1 unspecified atom stereocenters. The maximum absolute atomic E-state index is 11.0. The maximum atomic E-state index is 11.0. The first-order valence-electron chi connectivity index (χ1n) is 6.41. The van der Waals surface area contributed by atoms with Crippen LogP contribution in [-0.2, 0) is 0 Å². The molecule has 8 heteroatoms. The molecular formula is C13H15ClN4O2S. The highest BCUT2D eigenvalue weighted by molar-refractivity contribution is 7.16. The molecule has 0 fully saturated rings. The Labute approximate surface area is 131 Å². The molecule has 21 heavy (non-hydrogen) atoms. The highest BCUT2D eigenvalue weighted by Gasteiger charge is 2.14. The van der Waals surface area contributed by atoms with Gasteiger partial charge in [0.15, 0.2) is 0 Å². The number of nitrogens with zero attached hydrogens (tertiary/aromatic N) is 2. The van der Waals surface area contributed by atoms with Gasteiger partial charge in [0, 0.05) is 11.4 Å². The van der Waals surface area contributed by atoms with Gasteiger partial charge in [-0.3, -0.25) is 10.1 Å². The highest BCUT2D eigenvalue weighted by atomic mass is 35.5. The van der Waals surface area contributed by atoms with E-state index < -0.39 is 4.92 Å². The highest BCUT2D eigenvalue weighted by Crippen LogP contribution is 2.30. The summed E-state index contributed by atoms with van der Waals surface area (Å²) in [7, 11) is 0. The molecule has 0 spiro atoms. The standard InChI is InChI=1S/C13H15ClN4O2S/c1-3-15-12-6-9(18(19)20)7-13(17-12)16-8(2)10-4-5-11(14)21-10/h4-8H,3H2,1-2H3,(H2,15,16,17). The lowest BCUT2D eigenvalue weighted by Gasteiger charge is -2.14. The minimum absolute atomic E-state index is 0.000128. The topological polar surface area (TPSA) is 80.1 Å². The molecule has 112 valence electrons. The second kappa shape index (κ2) is 6.73. The Balaban J connectivity index is 2.23. The van der Waals surface area contributed by atoms with E-state index in [4.69, 9.17) is 11.6 Å². The normalized spacial score (nSPS) is 12.0. The lowest BCUT2D eigenvalue weighted by atomic mass is 10.2. The van der Waals surface area contributed by atoms with Gasteiger partial charge in [0.1, 0.15) is 11.6 Å². The summed E-state index contributed by atoms with van der Waals surface area (Å²) in [5.74, 6) is 0.933. The summed E-state index contributed by atoms with van der Waals surface area (Å²) in [6, 6.07) is 6.55. The predicted molar refractivity (Wildman–Crippen MR) is 86.4 cm³/mol. The first kappa shape index (κ1) is 15.5. The van der Waals surface area contributed by atoms with Crippen LogP contribution in [0.5, 0.6) is 0 Å². The number of hydrogen-bond acceptors (Lipinski definition) is 6. The van der Waals surface area contributed by atoms with Crippen LogP contribution >= 0.6 is 22.9 Å². The Kier molecular flexibility index (Phi) is 4.98. The Hall–Kier alpha value is -1.86. The summed E-state index contributed by atoms with van der Waals surface area (Å²) in [5, 5.41) is 17.1. The lowest BCUT2D eigenvalue weighted by molar-refractivity contribution is -0.384. The first-order chi connectivity index (χ1) is 9.99. The zero-order valence-corrected chi connectivity index (χ0v) is 13.2. The Morgan fingerprint density at radius 2 is 2.14 bits per heavy atom. The average Bonchev–Trinajstić information content (AvgIpc) is 2.85. The van der Waals surface area contributed by atoms with Crippen molar-refractivity contribution in [2.45, 2.75) is 19.9 Å². The van der Waals surface area contributed by atoms with Crippen molar-refractivity contribution in [3.05, 3.63) is 43.6 Å². The summed E-state index contributed by atoms with van der Waals surface area (Å²) >= 11 is 7.38. The third kappa shape index (κ3) is 4.05. The van der Waals surface area contributed by atoms with Crippen LogP contribution in [0, 0.1) is 10.1 Å². The van der Waals surface area contributed by atoms with Crippen LogP contribution < -0.4 is 10.6 Å². The molecule has 0 amide bonds. The Bertz CT molecular complexity index is 647. The molecule has 1 atom stereocenters. The van der Waals surface area contributed by atoms with E-state index in [0.29, 0.717) is 22.5 Å². The molecule has 2 rings (SSSR count). The van der Waals surface area contributed by atoms with Crippen molar-refractivity contribution in [2.75, 3.05) is 17.2 Å². The number of pyridine rings is 1. The zero-order valence-electron chi connectivity index (χ0n) is 11.6. The fraction of sp³-hybridized carbons (Fsp3) is 0.308. The molecule has 0 bridgehead atoms. The van der Waals surface area contributed by atoms with Crippen molar-refractivity contribution in [3.63, 3.8) is 0 Å². The van der Waals surface area contributed by atoms with Crippen LogP contribution in [0.15, 0.2) is 24.3 Å². The molecule has 2 aromatic rings. The zero-order chi connectivity index (χ0) is 15.4. The van der Waals surface area contributed by atoms with Gasteiger partial charge < -0.3 is 10.6 Å². The Morgan fingerprint density at radius 3 is 2.71 bits per heavy atom. The van der Waals surface area contributed by atoms with Gasteiger partial charge in [-0.15, -0.1) is 11.3 Å². The van der Waals surface area contributed by atoms with Crippen molar-refractivity contribution in [1.29, 1.82) is 0 Å². The molecular weight excluding hydrogens is 312 g/mol. The lowest BCUT2D eigenvalue weighted by Crippen LogP contribution is -2.09. The summed E-state index contributed by atoms with van der Waals surface area (Å²) in [6.07, 6.45) is 0. The molecule has 0 saturated carbocycles. The number of thiophene rings is 1. The van der Waals surface area contributed by atoms with Crippen molar-refractivity contribution in [2.24, 2.45) is 0 Å². The molecule has 2 N–H and O–H groups in total. The van der Waals surface area contributed by atoms with E-state index in [1.807, 2.05) is 26.0 Å². The SMILES string of the molecule is CCNc1cc([N+](=O)[O-])cc(NC(C)c2ccc(Cl)s2)n1. The molecule has 6 nitrogen and oxygen atoms in total. The summed E-state index contributed by atoms with van der Waals surface area (Å²) < 4.78 is 0.707. The van der Waals surface area contributed by atoms with Crippen LogP contribution in [0.2, 0.25) is 4.34 Å². The van der Waals surface area contributed by atoms with Crippen LogP contribution in [0.3, 0.4) is 0 Å². The number of rotatable bonds is 6. The summed E-state index contributed by atoms with van der Waals surface area (Å²) in [6.45, 7) is 4.50. The number of nitrogens with one attached hydrogen (secondary N) is 2. The predicted octanol–water partition coefficient (Wildman–Crippen LogP) is 4.31. The van der Waals surface area contributed by atoms with E-state index in [1.54, 1.807) is 0 Å². The third-order valence-electron chi connectivity index (χ3n) is 2.76. The van der Waals surface area contributed by atoms with Crippen LogP contribution in [0.25, 0.3) is 0 Å². The van der Waals surface area contributed by atoms with E-state index in [9.17, 15) is 10.1 Å². The second-order valence-electron chi connectivity index (χ2n) is 4.39. The van der Waals surface area contributed by atoms with Crippen molar-refractivity contribution >= 4 is 40.3 Å². The summed E-state index contributed by atoms with van der Waals surface area (Å²) in [4.78, 5) is 15.9. The van der Waals surface area contributed by atoms with E-state index in [1.165, 1.54) is 23.5 Å². The molecule has 0 aromatic carbocycles. The number of hydrogen-bond donors (Lipinski definition) is 2. The average molecular weight is 327 g/mol. The largest absolute Gasteiger partial charge is 0.370 e. The number of nitro groups is 1. The van der Waals surface area contributed by atoms with Crippen molar-refractivity contribution < 1.29 is 4.92 Å². The molecule has 0 saturated heterocycles. The minimum atomic E-state index is -0.430. The molecule has 0 aliphatic rings. The minimum Gasteiger partial charge on any atom is -0.370 e. The molecule has 2 heterocycles. The third-order valence-corrected chi connectivity index (χ3v) is 4.18. The van der Waals surface area contributed by atoms with Crippen LogP contribution in [0.4, 0.5) is 17.3 Å². The fourth-order valence-corrected chi connectivity index (χ4v) is 2.88. The number of halogens is 1. The molecule has 2 aromatic heterocycles. The van der Waals surface area contributed by atoms with Gasteiger partial charge in [-0.25, -0.2) is 4.98 Å². The van der Waals surface area contributed by atoms with E-state index in [2.05, 4.69) is 15.6 Å². The van der Waals surface area contributed by atoms with Crippen molar-refractivity contribution in [3.8, 4) is 0 Å². The van der Waals surface area contributed by atoms with Crippen molar-refractivity contribution in [1.82, 2.24) is 4.98 Å². The maximum Gasteiger partial charge on any atom is 0.276 e. The van der Waals surface area contributed by atoms with Gasteiger partial charge in [-0.05, 0) is 26.0 Å². The Morgan fingerprint density at radius 1 is 1.43 bits per heavy atom. The number of anilines is 2.